The van der Waals surface area contributed by atoms with Crippen LogP contribution in [0.3, 0.4) is 0 Å². The topological polar surface area (TPSA) is 86.3 Å². The fraction of sp³-hybridized carbons (Fsp3) is 0.290. The van der Waals surface area contributed by atoms with Crippen molar-refractivity contribution in [2.45, 2.75) is 26.8 Å². The van der Waals surface area contributed by atoms with Crippen LogP contribution >= 0.6 is 0 Å². The first-order valence-electron chi connectivity index (χ1n) is 13.4. The van der Waals surface area contributed by atoms with Gasteiger partial charge in [0.15, 0.2) is 0 Å². The number of likely N-dealkylation sites (N-methyl/N-ethyl adjacent to an activating group) is 1. The maximum absolute atomic E-state index is 13.0. The van der Waals surface area contributed by atoms with E-state index in [1.165, 1.54) is 5.56 Å². The van der Waals surface area contributed by atoms with E-state index in [2.05, 4.69) is 49.4 Å². The highest BCUT2D eigenvalue weighted by atomic mass is 16.1. The highest BCUT2D eigenvalue weighted by molar-refractivity contribution is 6.04. The standard InChI is InChI=1S/C31H35N7O/c1-4-26-12-10-25(20-33-26)28-13-14-32-31(35-28)36-29-19-27(11-5-22(29)2)34-30(39)24-8-6-23(7-9-24)21-38-17-15-37(3)16-18-38/h5-14,19-20H,4,15-18,21H2,1-3H3,(H,34,39)(H,32,35,36). The summed E-state index contributed by atoms with van der Waals surface area (Å²) in [6.45, 7) is 9.32. The molecule has 2 aromatic carbocycles. The lowest BCUT2D eigenvalue weighted by Crippen LogP contribution is -2.43. The highest BCUT2D eigenvalue weighted by Crippen LogP contribution is 2.25. The summed E-state index contributed by atoms with van der Waals surface area (Å²) in [4.78, 5) is 31.3. The first kappa shape index (κ1) is 26.5. The Kier molecular flexibility index (Phi) is 8.24. The van der Waals surface area contributed by atoms with Crippen LogP contribution in [0.15, 0.2) is 73.1 Å². The van der Waals surface area contributed by atoms with Gasteiger partial charge in [-0.2, -0.15) is 0 Å². The number of piperazine rings is 1. The second-order valence-electron chi connectivity index (χ2n) is 10.0. The van der Waals surface area contributed by atoms with Crippen LogP contribution in [0.5, 0.6) is 0 Å². The SMILES string of the molecule is CCc1ccc(-c2ccnc(Nc3cc(NC(=O)c4ccc(CN5CCN(C)CC5)cc4)ccc3C)n2)cn1. The Balaban J connectivity index is 1.23. The van der Waals surface area contributed by atoms with Crippen LogP contribution < -0.4 is 10.6 Å². The lowest BCUT2D eigenvalue weighted by molar-refractivity contribution is 0.102. The number of hydrogen-bond acceptors (Lipinski definition) is 7. The smallest absolute Gasteiger partial charge is 0.255 e. The van der Waals surface area contributed by atoms with Gasteiger partial charge in [-0.05, 0) is 74.0 Å². The number of aryl methyl sites for hydroxylation is 2. The second-order valence-corrected chi connectivity index (χ2v) is 10.0. The molecular weight excluding hydrogens is 486 g/mol. The van der Waals surface area contributed by atoms with Crippen molar-refractivity contribution in [1.29, 1.82) is 0 Å². The van der Waals surface area contributed by atoms with Crippen LogP contribution in [0, 0.1) is 6.92 Å². The molecule has 1 aliphatic heterocycles. The molecule has 0 unspecified atom stereocenters. The minimum atomic E-state index is -0.141. The van der Waals surface area contributed by atoms with Gasteiger partial charge in [0.1, 0.15) is 0 Å². The number of benzene rings is 2. The number of carbonyl (C=O) groups is 1. The average molecular weight is 522 g/mol. The lowest BCUT2D eigenvalue weighted by Gasteiger charge is -2.32. The average Bonchev–Trinajstić information content (AvgIpc) is 2.96. The van der Waals surface area contributed by atoms with E-state index in [1.807, 2.05) is 73.8 Å². The van der Waals surface area contributed by atoms with Gasteiger partial charge in [0.05, 0.1) is 5.69 Å². The number of rotatable bonds is 8. The molecule has 0 radical (unpaired) electrons. The molecule has 1 aliphatic rings. The summed E-state index contributed by atoms with van der Waals surface area (Å²) in [6.07, 6.45) is 4.46. The molecule has 4 aromatic rings. The molecule has 3 heterocycles. The van der Waals surface area contributed by atoms with Gasteiger partial charge in [0.2, 0.25) is 5.95 Å². The van der Waals surface area contributed by atoms with E-state index in [0.717, 1.165) is 67.3 Å². The van der Waals surface area contributed by atoms with Gasteiger partial charge in [-0.3, -0.25) is 14.7 Å². The van der Waals surface area contributed by atoms with Crippen molar-refractivity contribution in [3.05, 3.63) is 95.4 Å². The van der Waals surface area contributed by atoms with E-state index in [4.69, 9.17) is 0 Å². The molecule has 1 fully saturated rings. The molecule has 8 nitrogen and oxygen atoms in total. The molecular formula is C31H35N7O. The maximum Gasteiger partial charge on any atom is 0.255 e. The molecule has 1 saturated heterocycles. The highest BCUT2D eigenvalue weighted by Gasteiger charge is 2.14. The molecule has 5 rings (SSSR count). The van der Waals surface area contributed by atoms with E-state index < -0.39 is 0 Å². The monoisotopic (exact) mass is 521 g/mol. The molecule has 0 bridgehead atoms. The van der Waals surface area contributed by atoms with Crippen LogP contribution in [0.2, 0.25) is 0 Å². The van der Waals surface area contributed by atoms with Crippen LogP contribution in [0.25, 0.3) is 11.3 Å². The van der Waals surface area contributed by atoms with Gasteiger partial charge in [0.25, 0.3) is 5.91 Å². The van der Waals surface area contributed by atoms with Crippen molar-refractivity contribution in [3.63, 3.8) is 0 Å². The first-order valence-corrected chi connectivity index (χ1v) is 13.4. The normalized spacial score (nSPS) is 14.2. The molecule has 8 heteroatoms. The number of anilines is 3. The third kappa shape index (κ3) is 6.85. The fourth-order valence-electron chi connectivity index (χ4n) is 4.55. The first-order chi connectivity index (χ1) is 19.0. The van der Waals surface area contributed by atoms with Crippen LogP contribution in [-0.4, -0.2) is 63.9 Å². The summed E-state index contributed by atoms with van der Waals surface area (Å²) in [5.41, 5.74) is 7.16. The molecule has 2 aromatic heterocycles. The third-order valence-electron chi connectivity index (χ3n) is 7.10. The summed E-state index contributed by atoms with van der Waals surface area (Å²) < 4.78 is 0. The Hall–Kier alpha value is -4.14. The number of aromatic nitrogens is 3. The number of hydrogen-bond donors (Lipinski definition) is 2. The zero-order chi connectivity index (χ0) is 27.2. The van der Waals surface area contributed by atoms with E-state index in [-0.39, 0.29) is 5.91 Å². The zero-order valence-corrected chi connectivity index (χ0v) is 22.8. The van der Waals surface area contributed by atoms with Crippen LogP contribution in [0.1, 0.15) is 34.1 Å². The number of amides is 1. The van der Waals surface area contributed by atoms with Crippen LogP contribution in [0.4, 0.5) is 17.3 Å². The Morgan fingerprint density at radius 1 is 0.949 bits per heavy atom. The molecule has 0 atom stereocenters. The zero-order valence-electron chi connectivity index (χ0n) is 22.8. The summed E-state index contributed by atoms with van der Waals surface area (Å²) in [7, 11) is 2.16. The number of nitrogens with one attached hydrogen (secondary N) is 2. The van der Waals surface area contributed by atoms with Crippen molar-refractivity contribution in [2.24, 2.45) is 0 Å². The molecule has 0 aliphatic carbocycles. The maximum atomic E-state index is 13.0. The largest absolute Gasteiger partial charge is 0.324 e. The van der Waals surface area contributed by atoms with Crippen molar-refractivity contribution in [3.8, 4) is 11.3 Å². The molecule has 1 amide bonds. The van der Waals surface area contributed by atoms with Gasteiger partial charge in [-0.25, -0.2) is 9.97 Å². The molecule has 200 valence electrons. The Labute approximate surface area is 230 Å². The summed E-state index contributed by atoms with van der Waals surface area (Å²) in [5, 5.41) is 6.33. The van der Waals surface area contributed by atoms with E-state index in [9.17, 15) is 4.79 Å². The quantitative estimate of drug-likeness (QED) is 0.332. The summed E-state index contributed by atoms with van der Waals surface area (Å²) >= 11 is 0. The van der Waals surface area contributed by atoms with Crippen molar-refractivity contribution < 1.29 is 4.79 Å². The molecule has 0 saturated carbocycles. The van der Waals surface area contributed by atoms with Gasteiger partial charge >= 0.3 is 0 Å². The third-order valence-corrected chi connectivity index (χ3v) is 7.10. The van der Waals surface area contributed by atoms with Crippen LogP contribution in [-0.2, 0) is 13.0 Å². The van der Waals surface area contributed by atoms with Gasteiger partial charge in [-0.1, -0.05) is 25.1 Å². The Morgan fingerprint density at radius 3 is 2.46 bits per heavy atom. The minimum Gasteiger partial charge on any atom is -0.324 e. The Bertz CT molecular complexity index is 1410. The molecule has 2 N–H and O–H groups in total. The summed E-state index contributed by atoms with van der Waals surface area (Å²) in [6, 6.07) is 19.6. The number of carbonyl (C=O) groups excluding carboxylic acids is 1. The molecule has 39 heavy (non-hydrogen) atoms. The minimum absolute atomic E-state index is 0.141. The van der Waals surface area contributed by atoms with Gasteiger partial charge < -0.3 is 15.5 Å². The predicted molar refractivity (Wildman–Crippen MR) is 156 cm³/mol. The van der Waals surface area contributed by atoms with Gasteiger partial charge in [0, 0.05) is 73.3 Å². The van der Waals surface area contributed by atoms with E-state index in [1.54, 1.807) is 6.20 Å². The predicted octanol–water partition coefficient (Wildman–Crippen LogP) is 5.15. The van der Waals surface area contributed by atoms with E-state index in [0.29, 0.717) is 17.2 Å². The van der Waals surface area contributed by atoms with Crippen molar-refractivity contribution in [1.82, 2.24) is 24.8 Å². The fourth-order valence-corrected chi connectivity index (χ4v) is 4.55. The number of nitrogens with zero attached hydrogens (tertiary/aromatic N) is 5. The lowest BCUT2D eigenvalue weighted by atomic mass is 10.1. The molecule has 0 spiro atoms. The second kappa shape index (κ2) is 12.1. The van der Waals surface area contributed by atoms with Gasteiger partial charge in [-0.15, -0.1) is 0 Å². The number of pyridine rings is 1. The van der Waals surface area contributed by atoms with Crippen molar-refractivity contribution in [2.75, 3.05) is 43.9 Å². The Morgan fingerprint density at radius 2 is 1.74 bits per heavy atom. The van der Waals surface area contributed by atoms with E-state index >= 15 is 0 Å². The summed E-state index contributed by atoms with van der Waals surface area (Å²) in [5.74, 6) is 0.340. The van der Waals surface area contributed by atoms with Crippen molar-refractivity contribution >= 4 is 23.2 Å².